The van der Waals surface area contributed by atoms with E-state index in [0.29, 0.717) is 23.9 Å². The summed E-state index contributed by atoms with van der Waals surface area (Å²) in [7, 11) is 5.08. The van der Waals surface area contributed by atoms with Crippen LogP contribution in [0.4, 0.5) is 0 Å². The minimum absolute atomic E-state index is 0.0350. The molecule has 7 heteroatoms. The van der Waals surface area contributed by atoms with Crippen molar-refractivity contribution in [1.82, 2.24) is 14.9 Å². The molecule has 0 aliphatic heterocycles. The van der Waals surface area contributed by atoms with Crippen molar-refractivity contribution in [2.75, 3.05) is 27.8 Å². The third-order valence-electron chi connectivity index (χ3n) is 4.73. The van der Waals surface area contributed by atoms with Crippen molar-refractivity contribution >= 4 is 16.6 Å². The highest BCUT2D eigenvalue weighted by atomic mass is 16.5. The summed E-state index contributed by atoms with van der Waals surface area (Å²) < 4.78 is 10.7. The average molecular weight is 392 g/mol. The Labute approximate surface area is 169 Å². The number of methoxy groups -OCH3 is 2. The maximum Gasteiger partial charge on any atom is 0.161 e. The molecule has 0 atom stereocenters. The van der Waals surface area contributed by atoms with Crippen LogP contribution >= 0.6 is 0 Å². The van der Waals surface area contributed by atoms with Gasteiger partial charge in [-0.1, -0.05) is 12.1 Å². The number of fused-ring (bicyclic) bond motifs is 1. The monoisotopic (exact) mass is 392 g/mol. The number of ether oxygens (including phenoxy) is 2. The van der Waals surface area contributed by atoms with Gasteiger partial charge in [-0.3, -0.25) is 4.90 Å². The van der Waals surface area contributed by atoms with E-state index in [-0.39, 0.29) is 17.9 Å². The lowest BCUT2D eigenvalue weighted by molar-refractivity contribution is 0.284. The zero-order chi connectivity index (χ0) is 21.0. The molecule has 0 aliphatic rings. The fourth-order valence-corrected chi connectivity index (χ4v) is 3.20. The lowest BCUT2D eigenvalue weighted by atomic mass is 10.1. The Bertz CT molecular complexity index is 1060. The minimum Gasteiger partial charge on any atom is -0.509 e. The molecule has 2 N–H and O–H groups in total. The lowest BCUT2D eigenvalue weighted by Crippen LogP contribution is -2.22. The van der Waals surface area contributed by atoms with E-state index in [2.05, 4.69) is 16.0 Å². The van der Waals surface area contributed by atoms with Gasteiger partial charge in [-0.15, -0.1) is 0 Å². The van der Waals surface area contributed by atoms with Crippen LogP contribution in [0.3, 0.4) is 0 Å². The fourth-order valence-electron chi connectivity index (χ4n) is 3.20. The van der Waals surface area contributed by atoms with Crippen molar-refractivity contribution in [3.63, 3.8) is 0 Å². The van der Waals surface area contributed by atoms with Crippen molar-refractivity contribution in [3.8, 4) is 17.6 Å². The summed E-state index contributed by atoms with van der Waals surface area (Å²) in [6, 6.07) is 13.4. The molecule has 0 bridgehead atoms. The molecule has 1 aromatic heterocycles. The number of para-hydroxylation sites is 2. The smallest absolute Gasteiger partial charge is 0.161 e. The second-order valence-electron chi connectivity index (χ2n) is 6.84. The molecule has 0 unspecified atom stereocenters. The number of likely N-dealkylation sites (N-methyl/N-ethyl adjacent to an activating group) is 1. The Morgan fingerprint density at radius 2 is 1.90 bits per heavy atom. The molecule has 3 aromatic rings. The van der Waals surface area contributed by atoms with Crippen molar-refractivity contribution in [2.24, 2.45) is 0 Å². The highest BCUT2D eigenvalue weighted by Gasteiger charge is 2.16. The fraction of sp³-hybridized carbons (Fsp3) is 0.273. The zero-order valence-corrected chi connectivity index (χ0v) is 17.0. The first kappa shape index (κ1) is 20.2. The molecule has 0 saturated heterocycles. The lowest BCUT2D eigenvalue weighted by Gasteiger charge is -2.19. The first-order valence-electron chi connectivity index (χ1n) is 9.14. The molecule has 29 heavy (non-hydrogen) atoms. The number of allylic oxidation sites excluding steroid dienone is 1. The third kappa shape index (κ3) is 4.33. The molecule has 0 spiro atoms. The summed E-state index contributed by atoms with van der Waals surface area (Å²) in [6.45, 7) is 2.76. The molecule has 150 valence electrons. The number of hydrogen-bond acceptors (Lipinski definition) is 6. The summed E-state index contributed by atoms with van der Waals surface area (Å²) in [6.07, 6.45) is 0. The van der Waals surface area contributed by atoms with Crippen LogP contribution in [0, 0.1) is 18.3 Å². The van der Waals surface area contributed by atoms with Crippen molar-refractivity contribution < 1.29 is 14.6 Å². The van der Waals surface area contributed by atoms with Crippen molar-refractivity contribution in [2.45, 2.75) is 13.5 Å². The first-order chi connectivity index (χ1) is 14.0. The Morgan fingerprint density at radius 3 is 2.55 bits per heavy atom. The van der Waals surface area contributed by atoms with Gasteiger partial charge >= 0.3 is 0 Å². The van der Waals surface area contributed by atoms with Gasteiger partial charge in [0.25, 0.3) is 0 Å². The van der Waals surface area contributed by atoms with Crippen molar-refractivity contribution in [1.29, 1.82) is 5.26 Å². The molecule has 1 heterocycles. The van der Waals surface area contributed by atoms with Gasteiger partial charge in [0.1, 0.15) is 17.4 Å². The molecule has 3 rings (SSSR count). The summed E-state index contributed by atoms with van der Waals surface area (Å²) in [5.74, 6) is 1.66. The molecular weight excluding hydrogens is 368 g/mol. The number of nitrogens with one attached hydrogen (secondary N) is 1. The summed E-state index contributed by atoms with van der Waals surface area (Å²) in [5, 5.41) is 20.2. The Hall–Kier alpha value is -3.50. The van der Waals surface area contributed by atoms with Gasteiger partial charge in [0.2, 0.25) is 0 Å². The number of nitrogens with zero attached hydrogens (tertiary/aromatic N) is 3. The van der Waals surface area contributed by atoms with Gasteiger partial charge in [0.05, 0.1) is 31.8 Å². The predicted molar refractivity (Wildman–Crippen MR) is 112 cm³/mol. The molecule has 2 aromatic carbocycles. The van der Waals surface area contributed by atoms with E-state index in [0.717, 1.165) is 22.2 Å². The first-order valence-corrected chi connectivity index (χ1v) is 9.14. The molecule has 0 aliphatic carbocycles. The maximum atomic E-state index is 10.6. The van der Waals surface area contributed by atoms with E-state index in [9.17, 15) is 10.4 Å². The number of aromatic amines is 1. The number of H-pyrrole nitrogens is 1. The number of rotatable bonds is 7. The highest BCUT2D eigenvalue weighted by Crippen LogP contribution is 2.31. The van der Waals surface area contributed by atoms with Crippen LogP contribution in [-0.2, 0) is 6.54 Å². The molecule has 0 saturated carbocycles. The van der Waals surface area contributed by atoms with E-state index in [1.807, 2.05) is 55.3 Å². The second kappa shape index (κ2) is 8.67. The number of imidazole rings is 1. The van der Waals surface area contributed by atoms with Gasteiger partial charge < -0.3 is 19.6 Å². The van der Waals surface area contributed by atoms with Gasteiger partial charge in [-0.05, 0) is 49.4 Å². The summed E-state index contributed by atoms with van der Waals surface area (Å²) >= 11 is 0. The number of aryl methyl sites for hydroxylation is 1. The third-order valence-corrected chi connectivity index (χ3v) is 4.73. The van der Waals surface area contributed by atoms with E-state index < -0.39 is 0 Å². The van der Waals surface area contributed by atoms with Crippen LogP contribution < -0.4 is 9.47 Å². The van der Waals surface area contributed by atoms with Crippen LogP contribution in [0.25, 0.3) is 16.6 Å². The molecular formula is C22H24N4O3. The topological polar surface area (TPSA) is 94.4 Å². The molecule has 0 radical (unpaired) electrons. The quantitative estimate of drug-likeness (QED) is 0.469. The highest BCUT2D eigenvalue weighted by molar-refractivity contribution is 5.82. The number of aromatic nitrogens is 2. The van der Waals surface area contributed by atoms with E-state index in [4.69, 9.17) is 9.47 Å². The maximum absolute atomic E-state index is 10.6. The summed E-state index contributed by atoms with van der Waals surface area (Å²) in [4.78, 5) is 9.41. The summed E-state index contributed by atoms with van der Waals surface area (Å²) in [5.41, 5.74) is 3.79. The second-order valence-corrected chi connectivity index (χ2v) is 6.84. The van der Waals surface area contributed by atoms with Gasteiger partial charge in [-0.25, -0.2) is 4.98 Å². The van der Waals surface area contributed by atoms with Crippen LogP contribution in [0.1, 0.15) is 17.0 Å². The van der Waals surface area contributed by atoms with Crippen molar-refractivity contribution in [3.05, 3.63) is 59.1 Å². The molecule has 0 fully saturated rings. The number of benzene rings is 2. The number of nitriles is 1. The van der Waals surface area contributed by atoms with Crippen LogP contribution in [-0.4, -0.2) is 47.8 Å². The molecule has 7 nitrogen and oxygen atoms in total. The number of aliphatic hydroxyl groups is 1. The SMILES string of the molecule is COc1cc(C)c(CN(C)C/C(O)=C(\C#N)c2nc3ccccc3[nH]2)cc1OC. The Morgan fingerprint density at radius 1 is 1.21 bits per heavy atom. The average Bonchev–Trinajstić information content (AvgIpc) is 3.13. The number of aliphatic hydroxyl groups excluding tert-OH is 1. The van der Waals surface area contributed by atoms with Crippen LogP contribution in [0.15, 0.2) is 42.2 Å². The zero-order valence-electron chi connectivity index (χ0n) is 17.0. The van der Waals surface area contributed by atoms with Gasteiger partial charge in [0.15, 0.2) is 17.3 Å². The predicted octanol–water partition coefficient (Wildman–Crippen LogP) is 3.81. The minimum atomic E-state index is -0.0350. The largest absolute Gasteiger partial charge is 0.509 e. The Kier molecular flexibility index (Phi) is 6.05. The molecule has 0 amide bonds. The standard InChI is InChI=1S/C22H24N4O3/c1-14-9-20(28-3)21(29-4)10-15(14)12-26(2)13-19(27)16(11-23)22-24-17-7-5-6-8-18(17)25-22/h5-10,27H,12-13H2,1-4H3,(H,24,25)/b19-16-. The van der Waals surface area contributed by atoms with E-state index in [1.165, 1.54) is 0 Å². The number of hydrogen-bond donors (Lipinski definition) is 2. The van der Waals surface area contributed by atoms with E-state index >= 15 is 0 Å². The van der Waals surface area contributed by atoms with Crippen LogP contribution in [0.2, 0.25) is 0 Å². The van der Waals surface area contributed by atoms with E-state index in [1.54, 1.807) is 14.2 Å². The van der Waals surface area contributed by atoms with Gasteiger partial charge in [-0.2, -0.15) is 5.26 Å². The Balaban J connectivity index is 1.81. The normalized spacial score (nSPS) is 12.0. The van der Waals surface area contributed by atoms with Gasteiger partial charge in [0, 0.05) is 6.54 Å². The van der Waals surface area contributed by atoms with Crippen LogP contribution in [0.5, 0.6) is 11.5 Å².